The molecule has 0 saturated carbocycles. The molecule has 0 spiro atoms. The Hall–Kier alpha value is -3.29. The van der Waals surface area contributed by atoms with Gasteiger partial charge in [-0.2, -0.15) is 18.2 Å². The fraction of sp³-hybridized carbons (Fsp3) is 0.250. The zero-order chi connectivity index (χ0) is 23.6. The molecule has 1 aromatic carbocycles. The molecular formula is C20H18F3N6O3S-. The molecular weight excluding hydrogens is 461 g/mol. The van der Waals surface area contributed by atoms with Gasteiger partial charge in [0.2, 0.25) is 5.95 Å². The summed E-state index contributed by atoms with van der Waals surface area (Å²) in [6.45, 7) is 1.70. The highest BCUT2D eigenvalue weighted by molar-refractivity contribution is 7.79. The molecule has 2 aromatic heterocycles. The number of pyridine rings is 1. The van der Waals surface area contributed by atoms with Crippen molar-refractivity contribution in [3.05, 3.63) is 48.2 Å². The summed E-state index contributed by atoms with van der Waals surface area (Å²) in [7, 11) is 0. The largest absolute Gasteiger partial charge is 0.768 e. The maximum absolute atomic E-state index is 13.7. The molecule has 174 valence electrons. The molecule has 1 aliphatic rings. The summed E-state index contributed by atoms with van der Waals surface area (Å²) in [4.78, 5) is 14.3. The number of hydrogen-bond acceptors (Lipinski definition) is 9. The van der Waals surface area contributed by atoms with Gasteiger partial charge in [0.25, 0.3) is 0 Å². The van der Waals surface area contributed by atoms with Gasteiger partial charge in [0.15, 0.2) is 0 Å². The summed E-state index contributed by atoms with van der Waals surface area (Å²) >= 11 is -2.54. The van der Waals surface area contributed by atoms with Crippen molar-refractivity contribution < 1.29 is 26.7 Å². The van der Waals surface area contributed by atoms with E-state index in [9.17, 15) is 21.9 Å². The van der Waals surface area contributed by atoms with Gasteiger partial charge in [0.1, 0.15) is 11.6 Å². The number of para-hydroxylation sites is 1. The molecule has 4 rings (SSSR count). The first-order valence-electron chi connectivity index (χ1n) is 9.72. The summed E-state index contributed by atoms with van der Waals surface area (Å²) in [5.41, 5.74) is 4.39. The van der Waals surface area contributed by atoms with Crippen LogP contribution in [0.2, 0.25) is 0 Å². The van der Waals surface area contributed by atoms with Crippen LogP contribution in [-0.2, 0) is 22.0 Å². The van der Waals surface area contributed by atoms with Crippen molar-refractivity contribution in [2.75, 3.05) is 42.3 Å². The zero-order valence-corrected chi connectivity index (χ0v) is 17.8. The number of ether oxygens (including phenoxy) is 1. The molecule has 0 aliphatic carbocycles. The SMILES string of the molecule is Nc1cc(C(F)(F)F)c(-c2cc(Nc3ccccc3S(=O)[O-])nc(N3CCOCC3)n2)cn1. The Morgan fingerprint density at radius 3 is 2.58 bits per heavy atom. The van der Waals surface area contributed by atoms with Crippen LogP contribution in [0.4, 0.5) is 36.4 Å². The molecule has 3 N–H and O–H groups in total. The van der Waals surface area contributed by atoms with Crippen LogP contribution in [-0.4, -0.2) is 50.0 Å². The van der Waals surface area contributed by atoms with E-state index in [0.717, 1.165) is 12.3 Å². The Morgan fingerprint density at radius 1 is 1.15 bits per heavy atom. The molecule has 0 radical (unpaired) electrons. The molecule has 0 amide bonds. The topological polar surface area (TPSA) is 129 Å². The fourth-order valence-corrected chi connectivity index (χ4v) is 3.79. The van der Waals surface area contributed by atoms with Crippen molar-refractivity contribution in [2.45, 2.75) is 11.1 Å². The van der Waals surface area contributed by atoms with Gasteiger partial charge in [-0.3, -0.25) is 4.21 Å². The predicted octanol–water partition coefficient (Wildman–Crippen LogP) is 2.96. The van der Waals surface area contributed by atoms with Gasteiger partial charge in [0, 0.05) is 35.8 Å². The van der Waals surface area contributed by atoms with E-state index in [1.807, 2.05) is 0 Å². The minimum absolute atomic E-state index is 0.0179. The van der Waals surface area contributed by atoms with Gasteiger partial charge in [-0.25, -0.2) is 9.97 Å². The summed E-state index contributed by atoms with van der Waals surface area (Å²) < 4.78 is 69.6. The number of morpholine rings is 1. The first kappa shape index (κ1) is 22.9. The molecule has 33 heavy (non-hydrogen) atoms. The predicted molar refractivity (Wildman–Crippen MR) is 115 cm³/mol. The quantitative estimate of drug-likeness (QED) is 0.531. The Bertz CT molecular complexity index is 1190. The number of halogens is 3. The zero-order valence-electron chi connectivity index (χ0n) is 17.0. The first-order chi connectivity index (χ1) is 15.7. The van der Waals surface area contributed by atoms with E-state index in [1.54, 1.807) is 17.0 Å². The van der Waals surface area contributed by atoms with Crippen molar-refractivity contribution in [3.63, 3.8) is 0 Å². The van der Waals surface area contributed by atoms with Crippen LogP contribution in [0, 0.1) is 0 Å². The highest BCUT2D eigenvalue weighted by Crippen LogP contribution is 2.38. The van der Waals surface area contributed by atoms with Crippen LogP contribution < -0.4 is 16.0 Å². The second kappa shape index (κ2) is 9.29. The summed E-state index contributed by atoms with van der Waals surface area (Å²) in [5, 5.41) is 2.88. The van der Waals surface area contributed by atoms with Crippen LogP contribution >= 0.6 is 0 Å². The summed E-state index contributed by atoms with van der Waals surface area (Å²) in [5.74, 6) is 0.00653. The third-order valence-electron chi connectivity index (χ3n) is 4.84. The van der Waals surface area contributed by atoms with Crippen LogP contribution in [0.25, 0.3) is 11.3 Å². The van der Waals surface area contributed by atoms with Crippen molar-refractivity contribution in [3.8, 4) is 11.3 Å². The number of aromatic nitrogens is 3. The number of nitrogens with zero attached hydrogens (tertiary/aromatic N) is 4. The average Bonchev–Trinajstić information content (AvgIpc) is 2.79. The Labute approximate surface area is 189 Å². The van der Waals surface area contributed by atoms with Crippen LogP contribution in [0.15, 0.2) is 47.5 Å². The Kier molecular flexibility index (Phi) is 6.44. The minimum Gasteiger partial charge on any atom is -0.768 e. The second-order valence-electron chi connectivity index (χ2n) is 7.05. The first-order valence-corrected chi connectivity index (χ1v) is 10.8. The lowest BCUT2D eigenvalue weighted by Crippen LogP contribution is -2.37. The lowest BCUT2D eigenvalue weighted by molar-refractivity contribution is -0.137. The molecule has 1 atom stereocenters. The van der Waals surface area contributed by atoms with Gasteiger partial charge in [-0.1, -0.05) is 12.1 Å². The van der Waals surface area contributed by atoms with Crippen molar-refractivity contribution >= 4 is 34.4 Å². The molecule has 13 heteroatoms. The van der Waals surface area contributed by atoms with E-state index in [1.165, 1.54) is 18.2 Å². The van der Waals surface area contributed by atoms with Gasteiger partial charge >= 0.3 is 6.18 Å². The van der Waals surface area contributed by atoms with Crippen molar-refractivity contribution in [1.29, 1.82) is 0 Å². The number of nitrogens with one attached hydrogen (secondary N) is 1. The highest BCUT2D eigenvalue weighted by Gasteiger charge is 2.35. The van der Waals surface area contributed by atoms with Gasteiger partial charge < -0.3 is 25.2 Å². The minimum atomic E-state index is -4.70. The van der Waals surface area contributed by atoms with E-state index in [4.69, 9.17) is 10.5 Å². The van der Waals surface area contributed by atoms with Gasteiger partial charge in [0.05, 0.1) is 30.2 Å². The van der Waals surface area contributed by atoms with E-state index >= 15 is 0 Å². The number of rotatable bonds is 5. The third kappa shape index (κ3) is 5.21. The van der Waals surface area contributed by atoms with Crippen molar-refractivity contribution in [1.82, 2.24) is 15.0 Å². The smallest absolute Gasteiger partial charge is 0.417 e. The van der Waals surface area contributed by atoms with Crippen LogP contribution in [0.3, 0.4) is 0 Å². The maximum Gasteiger partial charge on any atom is 0.417 e. The van der Waals surface area contributed by atoms with Gasteiger partial charge in [-0.05, 0) is 29.3 Å². The van der Waals surface area contributed by atoms with Gasteiger partial charge in [-0.15, -0.1) is 0 Å². The summed E-state index contributed by atoms with van der Waals surface area (Å²) in [6.07, 6.45) is -3.69. The molecule has 3 heterocycles. The number of anilines is 4. The highest BCUT2D eigenvalue weighted by atomic mass is 32.2. The molecule has 1 fully saturated rings. The number of hydrogen-bond donors (Lipinski definition) is 2. The maximum atomic E-state index is 13.7. The monoisotopic (exact) mass is 479 g/mol. The molecule has 0 bridgehead atoms. The standard InChI is InChI=1S/C20H19F3N6O3S/c21-20(22,23)13-9-17(24)25-11-12(13)15-10-18(26-14-3-1-2-4-16(14)33(30)31)28-19(27-15)29-5-7-32-8-6-29/h1-4,9-11H,5-8H2,(H2,24,25)(H,30,31)(H,26,27,28)/p-1. The van der Waals surface area contributed by atoms with E-state index in [-0.39, 0.29) is 39.4 Å². The normalized spacial score (nSPS) is 15.3. The Morgan fingerprint density at radius 2 is 1.88 bits per heavy atom. The van der Waals surface area contributed by atoms with E-state index in [0.29, 0.717) is 26.3 Å². The lowest BCUT2D eigenvalue weighted by Gasteiger charge is -2.27. The third-order valence-corrected chi connectivity index (χ3v) is 5.56. The van der Waals surface area contributed by atoms with E-state index < -0.39 is 22.8 Å². The Balaban J connectivity index is 1.84. The fourth-order valence-electron chi connectivity index (χ4n) is 3.30. The average molecular weight is 479 g/mol. The molecule has 9 nitrogen and oxygen atoms in total. The summed E-state index contributed by atoms with van der Waals surface area (Å²) in [6, 6.07) is 8.13. The number of benzene rings is 1. The number of nitrogens with two attached hydrogens (primary N) is 1. The second-order valence-corrected chi connectivity index (χ2v) is 7.96. The number of nitrogen functional groups attached to an aromatic ring is 1. The molecule has 1 saturated heterocycles. The van der Waals surface area contributed by atoms with Crippen LogP contribution in [0.5, 0.6) is 0 Å². The van der Waals surface area contributed by atoms with Crippen molar-refractivity contribution in [2.24, 2.45) is 0 Å². The van der Waals surface area contributed by atoms with E-state index in [2.05, 4.69) is 20.3 Å². The molecule has 3 aromatic rings. The molecule has 1 aliphatic heterocycles. The lowest BCUT2D eigenvalue weighted by atomic mass is 10.1. The number of alkyl halides is 3. The molecule has 1 unspecified atom stereocenters. The van der Waals surface area contributed by atoms with Crippen LogP contribution in [0.1, 0.15) is 5.56 Å².